The molecule has 2 fully saturated rings. The van der Waals surface area contributed by atoms with Crippen molar-refractivity contribution in [3.8, 4) is 0 Å². The summed E-state index contributed by atoms with van der Waals surface area (Å²) in [5, 5.41) is 8.77. The van der Waals surface area contributed by atoms with Gasteiger partial charge in [0.15, 0.2) is 0 Å². The maximum absolute atomic E-state index is 10.7. The van der Waals surface area contributed by atoms with E-state index in [0.717, 1.165) is 45.4 Å². The summed E-state index contributed by atoms with van der Waals surface area (Å²) in [6.45, 7) is 2.71. The highest BCUT2D eigenvalue weighted by atomic mass is 16.5. The highest BCUT2D eigenvalue weighted by Gasteiger charge is 2.37. The van der Waals surface area contributed by atoms with E-state index in [4.69, 9.17) is 9.84 Å². The number of nitrogens with zero attached hydrogens (tertiary/aromatic N) is 1. The molecule has 4 nitrogen and oxygen atoms in total. The summed E-state index contributed by atoms with van der Waals surface area (Å²) in [4.78, 5) is 12.7. The molecule has 0 radical (unpaired) electrons. The molecule has 0 aromatic rings. The van der Waals surface area contributed by atoms with Gasteiger partial charge in [0.1, 0.15) is 0 Å². The summed E-state index contributed by atoms with van der Waals surface area (Å²) in [5.41, 5.74) is -0.0219. The Morgan fingerprint density at radius 1 is 1.33 bits per heavy atom. The summed E-state index contributed by atoms with van der Waals surface area (Å²) in [5.74, 6) is -0.733. The van der Waals surface area contributed by atoms with Crippen LogP contribution in [0.4, 0.5) is 0 Å². The fourth-order valence-corrected chi connectivity index (χ4v) is 2.75. The molecule has 15 heavy (non-hydrogen) atoms. The quantitative estimate of drug-likeness (QED) is 0.746. The van der Waals surface area contributed by atoms with Gasteiger partial charge in [-0.3, -0.25) is 9.69 Å². The number of ether oxygens (including phenoxy) is 1. The molecule has 4 heteroatoms. The molecule has 2 rings (SSSR count). The molecule has 2 saturated heterocycles. The van der Waals surface area contributed by atoms with Crippen molar-refractivity contribution in [3.63, 3.8) is 0 Å². The third kappa shape index (κ3) is 2.69. The van der Waals surface area contributed by atoms with Crippen LogP contribution in [0.2, 0.25) is 0 Å². The lowest BCUT2D eigenvalue weighted by atomic mass is 9.86. The SMILES string of the molecule is O=C(O)CN1CCC[C@@]2(CCCCO2)C1. The average Bonchev–Trinajstić information content (AvgIpc) is 2.17. The predicted molar refractivity (Wildman–Crippen MR) is 55.8 cm³/mol. The van der Waals surface area contributed by atoms with Crippen LogP contribution in [-0.2, 0) is 9.53 Å². The lowest BCUT2D eigenvalue weighted by Crippen LogP contribution is -2.52. The first kappa shape index (κ1) is 10.9. The zero-order valence-electron chi connectivity index (χ0n) is 9.07. The van der Waals surface area contributed by atoms with Crippen molar-refractivity contribution >= 4 is 5.97 Å². The van der Waals surface area contributed by atoms with Crippen LogP contribution < -0.4 is 0 Å². The Bertz CT molecular complexity index is 230. The Morgan fingerprint density at radius 3 is 2.80 bits per heavy atom. The van der Waals surface area contributed by atoms with Gasteiger partial charge in [-0.1, -0.05) is 0 Å². The third-order valence-corrected chi connectivity index (χ3v) is 3.41. The number of piperidine rings is 1. The topological polar surface area (TPSA) is 49.8 Å². The minimum atomic E-state index is -0.733. The molecule has 2 aliphatic heterocycles. The van der Waals surface area contributed by atoms with Crippen LogP contribution in [0.25, 0.3) is 0 Å². The lowest BCUT2D eigenvalue weighted by molar-refractivity contribution is -0.144. The fourth-order valence-electron chi connectivity index (χ4n) is 2.75. The monoisotopic (exact) mass is 213 g/mol. The number of likely N-dealkylation sites (tertiary alicyclic amines) is 1. The fraction of sp³-hybridized carbons (Fsp3) is 0.909. The Balaban J connectivity index is 1.93. The molecule has 1 N–H and O–H groups in total. The molecule has 0 amide bonds. The van der Waals surface area contributed by atoms with E-state index in [2.05, 4.69) is 0 Å². The van der Waals surface area contributed by atoms with Crippen LogP contribution in [0.5, 0.6) is 0 Å². The van der Waals surface area contributed by atoms with Crippen molar-refractivity contribution in [3.05, 3.63) is 0 Å². The van der Waals surface area contributed by atoms with Crippen LogP contribution in [0.3, 0.4) is 0 Å². The van der Waals surface area contributed by atoms with E-state index in [9.17, 15) is 4.79 Å². The van der Waals surface area contributed by atoms with E-state index >= 15 is 0 Å². The zero-order valence-corrected chi connectivity index (χ0v) is 9.07. The van der Waals surface area contributed by atoms with Gasteiger partial charge in [-0.2, -0.15) is 0 Å². The highest BCUT2D eigenvalue weighted by Crippen LogP contribution is 2.33. The van der Waals surface area contributed by atoms with Crippen molar-refractivity contribution in [1.29, 1.82) is 0 Å². The van der Waals surface area contributed by atoms with Crippen LogP contribution in [0, 0.1) is 0 Å². The second-order valence-electron chi connectivity index (χ2n) is 4.70. The summed E-state index contributed by atoms with van der Waals surface area (Å²) in [6, 6.07) is 0. The highest BCUT2D eigenvalue weighted by molar-refractivity contribution is 5.69. The van der Waals surface area contributed by atoms with Crippen LogP contribution in [0.1, 0.15) is 32.1 Å². The molecule has 2 aliphatic rings. The molecule has 86 valence electrons. The molecule has 0 bridgehead atoms. The molecule has 1 atom stereocenters. The van der Waals surface area contributed by atoms with Gasteiger partial charge in [0.05, 0.1) is 12.1 Å². The molecule has 0 saturated carbocycles. The smallest absolute Gasteiger partial charge is 0.317 e. The van der Waals surface area contributed by atoms with Crippen molar-refractivity contribution in [2.75, 3.05) is 26.2 Å². The molecule has 0 aromatic carbocycles. The molecule has 0 unspecified atom stereocenters. The van der Waals surface area contributed by atoms with Crippen molar-refractivity contribution in [2.45, 2.75) is 37.7 Å². The number of carbonyl (C=O) groups is 1. The van der Waals surface area contributed by atoms with E-state index in [1.165, 1.54) is 6.42 Å². The van der Waals surface area contributed by atoms with Gasteiger partial charge in [-0.25, -0.2) is 0 Å². The molecular weight excluding hydrogens is 194 g/mol. The largest absolute Gasteiger partial charge is 0.480 e. The Morgan fingerprint density at radius 2 is 2.13 bits per heavy atom. The number of carboxylic acid groups (broad SMARTS) is 1. The van der Waals surface area contributed by atoms with Crippen molar-refractivity contribution in [1.82, 2.24) is 4.90 Å². The number of rotatable bonds is 2. The number of hydrogen-bond donors (Lipinski definition) is 1. The standard InChI is InChI=1S/C11H19NO3/c13-10(14)8-12-6-3-5-11(9-12)4-1-2-7-15-11/h1-9H2,(H,13,14)/t11-/m0/s1. The first-order valence-corrected chi connectivity index (χ1v) is 5.78. The molecule has 0 aliphatic carbocycles. The number of carboxylic acids is 1. The van der Waals surface area contributed by atoms with Gasteiger partial charge in [-0.15, -0.1) is 0 Å². The van der Waals surface area contributed by atoms with E-state index < -0.39 is 5.97 Å². The van der Waals surface area contributed by atoms with Gasteiger partial charge >= 0.3 is 5.97 Å². The van der Waals surface area contributed by atoms with Gasteiger partial charge in [0.25, 0.3) is 0 Å². The zero-order chi connectivity index (χ0) is 10.7. The van der Waals surface area contributed by atoms with Gasteiger partial charge in [0, 0.05) is 13.2 Å². The second-order valence-corrected chi connectivity index (χ2v) is 4.70. The summed E-state index contributed by atoms with van der Waals surface area (Å²) < 4.78 is 5.88. The molecule has 0 aromatic heterocycles. The minimum Gasteiger partial charge on any atom is -0.480 e. The normalized spacial score (nSPS) is 33.1. The average molecular weight is 213 g/mol. The maximum atomic E-state index is 10.7. The minimum absolute atomic E-state index is 0.0219. The Kier molecular flexibility index (Phi) is 3.26. The van der Waals surface area contributed by atoms with Crippen LogP contribution in [-0.4, -0.2) is 47.8 Å². The molecule has 1 spiro atoms. The molecule has 2 heterocycles. The first-order chi connectivity index (χ1) is 7.20. The lowest BCUT2D eigenvalue weighted by Gasteiger charge is -2.44. The summed E-state index contributed by atoms with van der Waals surface area (Å²) in [7, 11) is 0. The summed E-state index contributed by atoms with van der Waals surface area (Å²) in [6.07, 6.45) is 5.64. The second kappa shape index (κ2) is 4.49. The Hall–Kier alpha value is -0.610. The van der Waals surface area contributed by atoms with Crippen molar-refractivity contribution in [2.24, 2.45) is 0 Å². The van der Waals surface area contributed by atoms with E-state index in [-0.39, 0.29) is 12.1 Å². The van der Waals surface area contributed by atoms with E-state index in [1.54, 1.807) is 0 Å². The maximum Gasteiger partial charge on any atom is 0.317 e. The Labute approximate surface area is 90.2 Å². The van der Waals surface area contributed by atoms with E-state index in [1.807, 2.05) is 4.90 Å². The predicted octanol–water partition coefficient (Wildman–Crippen LogP) is 1.11. The van der Waals surface area contributed by atoms with Gasteiger partial charge in [-0.05, 0) is 38.6 Å². The van der Waals surface area contributed by atoms with Crippen molar-refractivity contribution < 1.29 is 14.6 Å². The summed E-state index contributed by atoms with van der Waals surface area (Å²) >= 11 is 0. The van der Waals surface area contributed by atoms with Crippen LogP contribution >= 0.6 is 0 Å². The van der Waals surface area contributed by atoms with Crippen LogP contribution in [0.15, 0.2) is 0 Å². The molecular formula is C11H19NO3. The number of aliphatic carboxylic acids is 1. The third-order valence-electron chi connectivity index (χ3n) is 3.41. The first-order valence-electron chi connectivity index (χ1n) is 5.78. The van der Waals surface area contributed by atoms with Gasteiger partial charge < -0.3 is 9.84 Å². The van der Waals surface area contributed by atoms with E-state index in [0.29, 0.717) is 0 Å². The van der Waals surface area contributed by atoms with Gasteiger partial charge in [0.2, 0.25) is 0 Å². The number of hydrogen-bond acceptors (Lipinski definition) is 3.